The summed E-state index contributed by atoms with van der Waals surface area (Å²) < 4.78 is 39.9. The van der Waals surface area contributed by atoms with Gasteiger partial charge in [0.2, 0.25) is 5.91 Å². The van der Waals surface area contributed by atoms with E-state index >= 15 is 0 Å². The molecule has 3 N–H and O–H groups in total. The maximum atomic E-state index is 13.5. The number of carbonyl (C=O) groups excluding carboxylic acids is 1. The number of hydrogen-bond acceptors (Lipinski definition) is 2. The van der Waals surface area contributed by atoms with E-state index in [1.165, 1.54) is 0 Å². The largest absolute Gasteiger partial charge is 0.392 e. The molecule has 1 aromatic carbocycles. The van der Waals surface area contributed by atoms with Gasteiger partial charge in [-0.25, -0.2) is 13.2 Å². The number of benzene rings is 1. The minimum Gasteiger partial charge on any atom is -0.392 e. The molecule has 2 rings (SSSR count). The Hall–Kier alpha value is -1.63. The molecule has 0 bridgehead atoms. The van der Waals surface area contributed by atoms with E-state index in [1.54, 1.807) is 0 Å². The van der Waals surface area contributed by atoms with Gasteiger partial charge in [-0.2, -0.15) is 0 Å². The molecule has 0 radical (unpaired) electrons. The second-order valence-corrected chi connectivity index (χ2v) is 5.29. The van der Waals surface area contributed by atoms with Crippen LogP contribution in [0.2, 0.25) is 0 Å². The van der Waals surface area contributed by atoms with Gasteiger partial charge in [-0.1, -0.05) is 25.1 Å². The van der Waals surface area contributed by atoms with Crippen molar-refractivity contribution >= 4 is 28.8 Å². The summed E-state index contributed by atoms with van der Waals surface area (Å²) >= 11 is 4.92. The topological polar surface area (TPSA) is 55.1 Å². The van der Waals surface area contributed by atoms with E-state index in [9.17, 15) is 18.0 Å². The standard InChI is InChI=1S/C13H13F3N2OS/c14-7-5-8(15)10(9(16)6-7)18-12(19)13(11(17)20)3-1-2-4-13/h5-6H,1-4H2,(H2,17,20)(H,18,19). The highest BCUT2D eigenvalue weighted by Gasteiger charge is 2.44. The first-order valence-electron chi connectivity index (χ1n) is 6.13. The molecule has 7 heteroatoms. The number of hydrogen-bond donors (Lipinski definition) is 2. The molecule has 0 aromatic heterocycles. The van der Waals surface area contributed by atoms with Gasteiger partial charge in [0, 0.05) is 12.1 Å². The summed E-state index contributed by atoms with van der Waals surface area (Å²) in [6.45, 7) is 0. The first kappa shape index (κ1) is 14.8. The average Bonchev–Trinajstić information content (AvgIpc) is 2.83. The minimum atomic E-state index is -1.17. The fourth-order valence-electron chi connectivity index (χ4n) is 2.46. The van der Waals surface area contributed by atoms with Crippen molar-refractivity contribution in [2.75, 3.05) is 5.32 Å². The molecule has 0 unspecified atom stereocenters. The lowest BCUT2D eigenvalue weighted by molar-refractivity contribution is -0.122. The molecule has 3 nitrogen and oxygen atoms in total. The number of thiocarbonyl (C=S) groups is 1. The van der Waals surface area contributed by atoms with Crippen molar-refractivity contribution in [2.45, 2.75) is 25.7 Å². The quantitative estimate of drug-likeness (QED) is 0.844. The van der Waals surface area contributed by atoms with E-state index in [1.807, 2.05) is 0 Å². The van der Waals surface area contributed by atoms with Crippen LogP contribution in [-0.4, -0.2) is 10.9 Å². The van der Waals surface area contributed by atoms with Crippen LogP contribution in [0.15, 0.2) is 12.1 Å². The second kappa shape index (κ2) is 5.40. The molecule has 1 saturated carbocycles. The van der Waals surface area contributed by atoms with Crippen molar-refractivity contribution in [3.05, 3.63) is 29.6 Å². The molecule has 0 aliphatic heterocycles. The molecule has 0 spiro atoms. The Kier molecular flexibility index (Phi) is 3.99. The SMILES string of the molecule is NC(=S)C1(C(=O)Nc2c(F)cc(F)cc2F)CCCC1. The van der Waals surface area contributed by atoms with Crippen LogP contribution in [0.3, 0.4) is 0 Å². The summed E-state index contributed by atoms with van der Waals surface area (Å²) in [6.07, 6.45) is 2.41. The monoisotopic (exact) mass is 302 g/mol. The van der Waals surface area contributed by atoms with Crippen LogP contribution in [-0.2, 0) is 4.79 Å². The van der Waals surface area contributed by atoms with E-state index in [0.29, 0.717) is 25.0 Å². The predicted octanol–water partition coefficient (Wildman–Crippen LogP) is 2.89. The van der Waals surface area contributed by atoms with Crippen molar-refractivity contribution in [1.29, 1.82) is 0 Å². The number of nitrogens with one attached hydrogen (secondary N) is 1. The van der Waals surface area contributed by atoms with Crippen molar-refractivity contribution in [2.24, 2.45) is 11.1 Å². The Morgan fingerprint density at radius 1 is 1.20 bits per heavy atom. The normalized spacial score (nSPS) is 16.9. The summed E-state index contributed by atoms with van der Waals surface area (Å²) in [5, 5.41) is 2.15. The zero-order valence-electron chi connectivity index (χ0n) is 10.5. The Morgan fingerprint density at radius 2 is 1.70 bits per heavy atom. The van der Waals surface area contributed by atoms with Gasteiger partial charge in [0.1, 0.15) is 11.5 Å². The highest BCUT2D eigenvalue weighted by molar-refractivity contribution is 7.80. The summed E-state index contributed by atoms with van der Waals surface area (Å²) in [4.78, 5) is 12.3. The van der Waals surface area contributed by atoms with Crippen LogP contribution in [0, 0.1) is 22.9 Å². The van der Waals surface area contributed by atoms with E-state index in [2.05, 4.69) is 5.32 Å². The fraction of sp³-hybridized carbons (Fsp3) is 0.385. The van der Waals surface area contributed by atoms with Gasteiger partial charge in [0.25, 0.3) is 0 Å². The molecule has 1 fully saturated rings. The highest BCUT2D eigenvalue weighted by atomic mass is 32.1. The molecule has 1 aliphatic carbocycles. The second-order valence-electron chi connectivity index (χ2n) is 4.85. The number of carbonyl (C=O) groups is 1. The smallest absolute Gasteiger partial charge is 0.237 e. The lowest BCUT2D eigenvalue weighted by Gasteiger charge is -2.26. The molecule has 1 amide bonds. The lowest BCUT2D eigenvalue weighted by atomic mass is 9.85. The Labute approximate surface area is 119 Å². The number of anilines is 1. The molecule has 1 aliphatic rings. The van der Waals surface area contributed by atoms with E-state index in [4.69, 9.17) is 18.0 Å². The number of amides is 1. The van der Waals surface area contributed by atoms with Crippen LogP contribution in [0.25, 0.3) is 0 Å². The fourth-order valence-corrected chi connectivity index (χ4v) is 2.76. The van der Waals surface area contributed by atoms with Gasteiger partial charge >= 0.3 is 0 Å². The van der Waals surface area contributed by atoms with Crippen LogP contribution >= 0.6 is 12.2 Å². The summed E-state index contributed by atoms with van der Waals surface area (Å²) in [5.41, 5.74) is 3.85. The van der Waals surface area contributed by atoms with Crippen molar-refractivity contribution in [3.63, 3.8) is 0 Å². The van der Waals surface area contributed by atoms with Crippen molar-refractivity contribution < 1.29 is 18.0 Å². The number of halogens is 3. The van der Waals surface area contributed by atoms with Crippen molar-refractivity contribution in [1.82, 2.24) is 0 Å². The average molecular weight is 302 g/mol. The first-order valence-corrected chi connectivity index (χ1v) is 6.53. The maximum Gasteiger partial charge on any atom is 0.237 e. The molecule has 108 valence electrons. The minimum absolute atomic E-state index is 0.00966. The van der Waals surface area contributed by atoms with E-state index < -0.39 is 34.5 Å². The van der Waals surface area contributed by atoms with Crippen LogP contribution in [0.5, 0.6) is 0 Å². The molecule has 0 heterocycles. The van der Waals surface area contributed by atoms with Gasteiger partial charge in [0.05, 0.1) is 10.4 Å². The summed E-state index contributed by atoms with van der Waals surface area (Å²) in [5.74, 6) is -4.05. The van der Waals surface area contributed by atoms with Gasteiger partial charge in [-0.15, -0.1) is 0 Å². The Morgan fingerprint density at radius 3 is 2.15 bits per heavy atom. The van der Waals surface area contributed by atoms with Gasteiger partial charge in [-0.3, -0.25) is 4.79 Å². The summed E-state index contributed by atoms with van der Waals surface area (Å²) in [7, 11) is 0. The Bertz CT molecular complexity index is 548. The zero-order chi connectivity index (χ0) is 14.9. The third-order valence-corrected chi connectivity index (χ3v) is 4.00. The van der Waals surface area contributed by atoms with E-state index in [0.717, 1.165) is 12.8 Å². The summed E-state index contributed by atoms with van der Waals surface area (Å²) in [6, 6.07) is 1.00. The molecule has 20 heavy (non-hydrogen) atoms. The number of rotatable bonds is 3. The maximum absolute atomic E-state index is 13.5. The molecular formula is C13H13F3N2OS. The van der Waals surface area contributed by atoms with Crippen LogP contribution in [0.1, 0.15) is 25.7 Å². The van der Waals surface area contributed by atoms with Gasteiger partial charge in [-0.05, 0) is 12.8 Å². The highest BCUT2D eigenvalue weighted by Crippen LogP contribution is 2.39. The predicted molar refractivity (Wildman–Crippen MR) is 72.6 cm³/mol. The van der Waals surface area contributed by atoms with Gasteiger partial charge in [0.15, 0.2) is 11.6 Å². The van der Waals surface area contributed by atoms with Crippen LogP contribution in [0.4, 0.5) is 18.9 Å². The first-order chi connectivity index (χ1) is 9.36. The lowest BCUT2D eigenvalue weighted by Crippen LogP contribution is -2.44. The molecular weight excluding hydrogens is 289 g/mol. The third-order valence-electron chi connectivity index (χ3n) is 3.61. The van der Waals surface area contributed by atoms with E-state index in [-0.39, 0.29) is 4.99 Å². The molecule has 1 aromatic rings. The number of nitrogens with two attached hydrogens (primary N) is 1. The molecule has 0 atom stereocenters. The van der Waals surface area contributed by atoms with Crippen LogP contribution < -0.4 is 11.1 Å². The Balaban J connectivity index is 2.30. The molecule has 0 saturated heterocycles. The third kappa shape index (κ3) is 2.49. The zero-order valence-corrected chi connectivity index (χ0v) is 11.3. The van der Waals surface area contributed by atoms with Gasteiger partial charge < -0.3 is 11.1 Å². The van der Waals surface area contributed by atoms with Crippen molar-refractivity contribution in [3.8, 4) is 0 Å².